The molecule has 0 aliphatic rings. The van der Waals surface area contributed by atoms with Crippen molar-refractivity contribution in [3.63, 3.8) is 0 Å². The summed E-state index contributed by atoms with van der Waals surface area (Å²) in [6, 6.07) is 3.02. The van der Waals surface area contributed by atoms with Gasteiger partial charge in [0, 0.05) is 5.39 Å². The maximum atomic E-state index is 13.4. The van der Waals surface area contributed by atoms with Crippen molar-refractivity contribution in [1.29, 1.82) is 0 Å². The molecule has 0 unspecified atom stereocenters. The normalized spacial score (nSPS) is 10.2. The van der Waals surface area contributed by atoms with Gasteiger partial charge in [0.15, 0.2) is 17.4 Å². The van der Waals surface area contributed by atoms with Crippen LogP contribution in [0.15, 0.2) is 18.2 Å². The van der Waals surface area contributed by atoms with Gasteiger partial charge in [0.05, 0.1) is 5.39 Å². The summed E-state index contributed by atoms with van der Waals surface area (Å²) in [6.45, 7) is 0. The topological polar surface area (TPSA) is 49.7 Å². The standard InChI is InChI=1S/C10H5BF4O3.Li.H/c12-5-3-1-2-4-6(5)7(13)8(14)9(15)10(4)18-11(16)17;;/h1-3,16-17H;;/q;+1;-1. The van der Waals surface area contributed by atoms with Crippen LogP contribution in [0.25, 0.3) is 10.8 Å². The summed E-state index contributed by atoms with van der Waals surface area (Å²) in [5.41, 5.74) is 0. The molecule has 0 fully saturated rings. The molecule has 0 aliphatic carbocycles. The monoisotopic (exact) mass is 268 g/mol. The van der Waals surface area contributed by atoms with Gasteiger partial charge in [-0.1, -0.05) is 12.1 Å². The molecule has 2 aromatic rings. The average Bonchev–Trinajstić information content (AvgIpc) is 2.31. The number of halogens is 4. The molecular weight excluding hydrogens is 262 g/mol. The Morgan fingerprint density at radius 2 is 1.63 bits per heavy atom. The Morgan fingerprint density at radius 3 is 2.21 bits per heavy atom. The van der Waals surface area contributed by atoms with Gasteiger partial charge in [-0.3, -0.25) is 0 Å². The minimum atomic E-state index is -2.45. The second-order valence-electron chi connectivity index (χ2n) is 3.38. The van der Waals surface area contributed by atoms with E-state index in [1.165, 1.54) is 0 Å². The van der Waals surface area contributed by atoms with E-state index in [2.05, 4.69) is 4.65 Å². The Balaban J connectivity index is 0.00000180. The summed E-state index contributed by atoms with van der Waals surface area (Å²) < 4.78 is 57.6. The van der Waals surface area contributed by atoms with E-state index in [4.69, 9.17) is 10.0 Å². The van der Waals surface area contributed by atoms with Crippen molar-refractivity contribution in [2.45, 2.75) is 0 Å². The third-order valence-corrected chi connectivity index (χ3v) is 2.29. The first kappa shape index (κ1) is 15.9. The van der Waals surface area contributed by atoms with E-state index < -0.39 is 47.1 Å². The van der Waals surface area contributed by atoms with Crippen LogP contribution in [0.5, 0.6) is 5.75 Å². The van der Waals surface area contributed by atoms with Crippen molar-refractivity contribution in [2.75, 3.05) is 0 Å². The summed E-state index contributed by atoms with van der Waals surface area (Å²) in [5, 5.41) is 15.9. The van der Waals surface area contributed by atoms with Crippen LogP contribution in [-0.4, -0.2) is 17.4 Å². The van der Waals surface area contributed by atoms with Crippen LogP contribution >= 0.6 is 0 Å². The van der Waals surface area contributed by atoms with Gasteiger partial charge in [0.2, 0.25) is 5.82 Å². The van der Waals surface area contributed by atoms with Crippen molar-refractivity contribution in [3.05, 3.63) is 41.5 Å². The number of fused-ring (bicyclic) bond motifs is 1. The van der Waals surface area contributed by atoms with Crippen LogP contribution in [0.4, 0.5) is 17.6 Å². The quantitative estimate of drug-likeness (QED) is 0.411. The van der Waals surface area contributed by atoms with Gasteiger partial charge in [-0.15, -0.1) is 0 Å². The van der Waals surface area contributed by atoms with Crippen LogP contribution in [0.3, 0.4) is 0 Å². The largest absolute Gasteiger partial charge is 1.00 e. The van der Waals surface area contributed by atoms with Crippen LogP contribution in [0.1, 0.15) is 1.43 Å². The summed E-state index contributed by atoms with van der Waals surface area (Å²) in [5.74, 6) is -7.53. The Labute approximate surface area is 118 Å². The second kappa shape index (κ2) is 5.84. The number of hydrogen-bond donors (Lipinski definition) is 2. The van der Waals surface area contributed by atoms with E-state index in [1.54, 1.807) is 0 Å². The van der Waals surface area contributed by atoms with E-state index in [-0.39, 0.29) is 20.3 Å². The van der Waals surface area contributed by atoms with Crippen molar-refractivity contribution in [3.8, 4) is 5.75 Å². The molecule has 0 amide bonds. The molecule has 0 radical (unpaired) electrons. The number of benzene rings is 2. The molecule has 0 atom stereocenters. The fourth-order valence-electron chi connectivity index (χ4n) is 1.58. The van der Waals surface area contributed by atoms with Crippen LogP contribution in [0.2, 0.25) is 0 Å². The van der Waals surface area contributed by atoms with Crippen LogP contribution in [0, 0.1) is 23.3 Å². The van der Waals surface area contributed by atoms with Crippen LogP contribution < -0.4 is 23.5 Å². The fraction of sp³-hybridized carbons (Fsp3) is 0. The fourth-order valence-corrected chi connectivity index (χ4v) is 1.58. The molecule has 9 heteroatoms. The molecule has 0 aromatic heterocycles. The molecule has 0 saturated heterocycles. The molecule has 2 aromatic carbocycles. The van der Waals surface area contributed by atoms with Crippen molar-refractivity contribution >= 4 is 18.1 Å². The van der Waals surface area contributed by atoms with Gasteiger partial charge in [0.25, 0.3) is 0 Å². The molecule has 2 N–H and O–H groups in total. The summed E-state index contributed by atoms with van der Waals surface area (Å²) in [4.78, 5) is 0. The minimum absolute atomic E-state index is 0. The molecule has 0 heterocycles. The molecule has 2 rings (SSSR count). The molecule has 3 nitrogen and oxygen atoms in total. The third kappa shape index (κ3) is 2.72. The molecule has 96 valence electrons. The maximum absolute atomic E-state index is 13.4. The van der Waals surface area contributed by atoms with E-state index in [1.807, 2.05) is 0 Å². The van der Waals surface area contributed by atoms with Gasteiger partial charge < -0.3 is 16.1 Å². The zero-order valence-electron chi connectivity index (χ0n) is 10.6. The van der Waals surface area contributed by atoms with Gasteiger partial charge in [-0.05, 0) is 6.07 Å². The van der Waals surface area contributed by atoms with Gasteiger partial charge in [-0.25, -0.2) is 13.2 Å². The molecule has 0 aliphatic heterocycles. The van der Waals surface area contributed by atoms with Crippen molar-refractivity contribution < 1.29 is 52.6 Å². The average molecular weight is 268 g/mol. The first-order valence-electron chi connectivity index (χ1n) is 4.71. The van der Waals surface area contributed by atoms with Crippen LogP contribution in [-0.2, 0) is 0 Å². The summed E-state index contributed by atoms with van der Waals surface area (Å²) in [6.07, 6.45) is 0. The minimum Gasteiger partial charge on any atom is -1.00 e. The Bertz CT molecular complexity index is 629. The smallest absolute Gasteiger partial charge is 1.00 e. The number of hydrogen-bond acceptors (Lipinski definition) is 3. The summed E-state index contributed by atoms with van der Waals surface area (Å²) in [7, 11) is -2.45. The van der Waals surface area contributed by atoms with Gasteiger partial charge in [-0.2, -0.15) is 4.39 Å². The predicted octanol–water partition coefficient (Wildman–Crippen LogP) is -1.14. The Kier molecular flexibility index (Phi) is 4.88. The molecular formula is C10H6BF4LiO3. The molecule has 0 saturated carbocycles. The van der Waals surface area contributed by atoms with E-state index >= 15 is 0 Å². The van der Waals surface area contributed by atoms with Gasteiger partial charge >= 0.3 is 26.2 Å². The first-order chi connectivity index (χ1) is 8.43. The van der Waals surface area contributed by atoms with E-state index in [0.717, 1.165) is 18.2 Å². The third-order valence-electron chi connectivity index (χ3n) is 2.29. The van der Waals surface area contributed by atoms with Crippen molar-refractivity contribution in [1.82, 2.24) is 0 Å². The van der Waals surface area contributed by atoms with E-state index in [0.29, 0.717) is 0 Å². The maximum Gasteiger partial charge on any atom is 1.00 e. The molecule has 0 bridgehead atoms. The van der Waals surface area contributed by atoms with Gasteiger partial charge in [0.1, 0.15) is 5.82 Å². The SMILES string of the molecule is OB(O)Oc1c(F)c(F)c(F)c2c(F)cccc12.[H-].[Li+]. The summed E-state index contributed by atoms with van der Waals surface area (Å²) >= 11 is 0. The van der Waals surface area contributed by atoms with Crippen molar-refractivity contribution in [2.24, 2.45) is 0 Å². The first-order valence-corrected chi connectivity index (χ1v) is 4.71. The Hall–Kier alpha value is -1.20. The molecule has 19 heavy (non-hydrogen) atoms. The zero-order valence-corrected chi connectivity index (χ0v) is 9.62. The second-order valence-corrected chi connectivity index (χ2v) is 3.38. The van der Waals surface area contributed by atoms with E-state index in [9.17, 15) is 17.6 Å². The Morgan fingerprint density at radius 1 is 1.00 bits per heavy atom. The number of rotatable bonds is 2. The zero-order chi connectivity index (χ0) is 13.4. The molecule has 0 spiro atoms. The predicted molar refractivity (Wildman–Crippen MR) is 55.7 cm³/mol.